The van der Waals surface area contributed by atoms with Crippen LogP contribution in [0.5, 0.6) is 0 Å². The minimum absolute atomic E-state index is 0.0517. The lowest BCUT2D eigenvalue weighted by molar-refractivity contribution is -0.384. The van der Waals surface area contributed by atoms with E-state index < -0.39 is 4.92 Å². The highest BCUT2D eigenvalue weighted by molar-refractivity contribution is 7.80. The number of nitro benzene ring substituents is 1. The van der Waals surface area contributed by atoms with E-state index in [-0.39, 0.29) is 5.69 Å². The summed E-state index contributed by atoms with van der Waals surface area (Å²) in [4.78, 5) is 10.2. The number of hydrogen-bond donors (Lipinski definition) is 2. The molecule has 0 saturated carbocycles. The van der Waals surface area contributed by atoms with Crippen molar-refractivity contribution >= 4 is 39.6 Å². The average Bonchev–Trinajstić information content (AvgIpc) is 2.87. The Morgan fingerprint density at radius 3 is 2.60 bits per heavy atom. The van der Waals surface area contributed by atoms with Crippen molar-refractivity contribution in [2.24, 2.45) is 7.05 Å². The largest absolute Gasteiger partial charge is 0.358 e. The number of hydrogen-bond acceptors (Lipinski definition) is 3. The zero-order valence-electron chi connectivity index (χ0n) is 13.9. The van der Waals surface area contributed by atoms with Gasteiger partial charge in [0, 0.05) is 48.0 Å². The van der Waals surface area contributed by atoms with Crippen LogP contribution in [0.2, 0.25) is 0 Å². The molecule has 3 rings (SSSR count). The third kappa shape index (κ3) is 3.77. The third-order valence-electron chi connectivity index (χ3n) is 4.14. The summed E-state index contributed by atoms with van der Waals surface area (Å²) in [5.41, 5.74) is 4.31. The van der Waals surface area contributed by atoms with Crippen molar-refractivity contribution < 1.29 is 4.92 Å². The molecule has 6 nitrogen and oxygen atoms in total. The summed E-state index contributed by atoms with van der Waals surface area (Å²) in [5.74, 6) is 0. The van der Waals surface area contributed by atoms with E-state index in [1.807, 2.05) is 0 Å². The Balaban J connectivity index is 1.61. The number of nitrogens with one attached hydrogen (secondary N) is 2. The maximum absolute atomic E-state index is 10.7. The molecule has 0 radical (unpaired) electrons. The number of benzene rings is 2. The normalized spacial score (nSPS) is 10.6. The first-order valence-electron chi connectivity index (χ1n) is 7.78. The fourth-order valence-electron chi connectivity index (χ4n) is 2.67. The molecule has 0 atom stereocenters. The molecule has 0 amide bonds. The molecule has 0 bridgehead atoms. The van der Waals surface area contributed by atoms with E-state index in [1.54, 1.807) is 12.1 Å². The Hall–Kier alpha value is -2.93. The molecule has 1 heterocycles. The van der Waals surface area contributed by atoms with Crippen molar-refractivity contribution in [2.45, 2.75) is 13.5 Å². The van der Waals surface area contributed by atoms with Gasteiger partial charge in [0.1, 0.15) is 0 Å². The number of aromatic nitrogens is 1. The summed E-state index contributed by atoms with van der Waals surface area (Å²) < 4.78 is 2.16. The summed E-state index contributed by atoms with van der Waals surface area (Å²) in [5, 5.41) is 18.5. The zero-order valence-corrected chi connectivity index (χ0v) is 14.8. The standard InChI is InChI=1S/C18H18N4O2S/c1-12-9-14-10-13(3-8-17(14)21(12)2)11-19-18(25)20-15-4-6-16(7-5-15)22(23)24/h3-10H,11H2,1-2H3,(H2,19,20,25). The molecule has 2 N–H and O–H groups in total. The van der Waals surface area contributed by atoms with E-state index >= 15 is 0 Å². The molecule has 0 saturated heterocycles. The first kappa shape index (κ1) is 16.9. The number of aryl methyl sites for hydroxylation is 2. The van der Waals surface area contributed by atoms with Gasteiger partial charge in [0.25, 0.3) is 5.69 Å². The van der Waals surface area contributed by atoms with Gasteiger partial charge in [-0.05, 0) is 55.0 Å². The molecular weight excluding hydrogens is 336 g/mol. The Kier molecular flexibility index (Phi) is 4.67. The first-order chi connectivity index (χ1) is 11.9. The highest BCUT2D eigenvalue weighted by atomic mass is 32.1. The molecule has 2 aromatic carbocycles. The molecule has 0 fully saturated rings. The quantitative estimate of drug-likeness (QED) is 0.423. The van der Waals surface area contributed by atoms with E-state index in [0.29, 0.717) is 17.3 Å². The van der Waals surface area contributed by atoms with E-state index in [0.717, 1.165) is 5.56 Å². The fraction of sp³-hybridized carbons (Fsp3) is 0.167. The maximum atomic E-state index is 10.7. The van der Waals surface area contributed by atoms with E-state index in [9.17, 15) is 10.1 Å². The topological polar surface area (TPSA) is 72.1 Å². The van der Waals surface area contributed by atoms with Crippen molar-refractivity contribution in [3.05, 3.63) is 69.9 Å². The molecule has 1 aromatic heterocycles. The molecule has 0 aliphatic heterocycles. The second kappa shape index (κ2) is 6.90. The predicted octanol–water partition coefficient (Wildman–Crippen LogP) is 3.88. The zero-order chi connectivity index (χ0) is 18.0. The number of nitro groups is 1. The summed E-state index contributed by atoms with van der Waals surface area (Å²) in [7, 11) is 2.05. The summed E-state index contributed by atoms with van der Waals surface area (Å²) in [6.07, 6.45) is 0. The highest BCUT2D eigenvalue weighted by Crippen LogP contribution is 2.20. The summed E-state index contributed by atoms with van der Waals surface area (Å²) in [6.45, 7) is 2.68. The molecule has 0 aliphatic carbocycles. The van der Waals surface area contributed by atoms with E-state index in [4.69, 9.17) is 12.2 Å². The van der Waals surface area contributed by atoms with Gasteiger partial charge in [0.15, 0.2) is 5.11 Å². The van der Waals surface area contributed by atoms with Crippen LogP contribution in [0.15, 0.2) is 48.5 Å². The predicted molar refractivity (Wildman–Crippen MR) is 104 cm³/mol. The van der Waals surface area contributed by atoms with Gasteiger partial charge in [-0.15, -0.1) is 0 Å². The van der Waals surface area contributed by atoms with Gasteiger partial charge in [0.2, 0.25) is 0 Å². The fourth-order valence-corrected chi connectivity index (χ4v) is 2.86. The Morgan fingerprint density at radius 2 is 1.92 bits per heavy atom. The van der Waals surface area contributed by atoms with Crippen molar-refractivity contribution in [1.82, 2.24) is 9.88 Å². The monoisotopic (exact) mass is 354 g/mol. The number of non-ortho nitro benzene ring substituents is 1. The lowest BCUT2D eigenvalue weighted by atomic mass is 10.1. The number of nitrogens with zero attached hydrogens (tertiary/aromatic N) is 2. The Labute approximate surface area is 150 Å². The highest BCUT2D eigenvalue weighted by Gasteiger charge is 2.06. The van der Waals surface area contributed by atoms with Gasteiger partial charge < -0.3 is 15.2 Å². The van der Waals surface area contributed by atoms with Crippen molar-refractivity contribution in [2.75, 3.05) is 5.32 Å². The van der Waals surface area contributed by atoms with Crippen LogP contribution < -0.4 is 10.6 Å². The maximum Gasteiger partial charge on any atom is 0.269 e. The molecule has 0 spiro atoms. The van der Waals surface area contributed by atoms with E-state index in [2.05, 4.69) is 53.4 Å². The number of anilines is 1. The molecule has 3 aromatic rings. The lowest BCUT2D eigenvalue weighted by Crippen LogP contribution is -2.27. The molecule has 7 heteroatoms. The lowest BCUT2D eigenvalue weighted by Gasteiger charge is -2.10. The number of fused-ring (bicyclic) bond motifs is 1. The van der Waals surface area contributed by atoms with Crippen LogP contribution in [0.3, 0.4) is 0 Å². The number of rotatable bonds is 4. The second-order valence-electron chi connectivity index (χ2n) is 5.85. The molecule has 0 aliphatic rings. The van der Waals surface area contributed by atoms with Gasteiger partial charge in [-0.25, -0.2) is 0 Å². The summed E-state index contributed by atoms with van der Waals surface area (Å²) in [6, 6.07) is 14.6. The van der Waals surface area contributed by atoms with Crippen molar-refractivity contribution in [3.8, 4) is 0 Å². The van der Waals surface area contributed by atoms with Gasteiger partial charge in [0.05, 0.1) is 4.92 Å². The molecule has 128 valence electrons. The van der Waals surface area contributed by atoms with Crippen LogP contribution in [-0.2, 0) is 13.6 Å². The second-order valence-corrected chi connectivity index (χ2v) is 6.26. The molecule has 0 unspecified atom stereocenters. The first-order valence-corrected chi connectivity index (χ1v) is 8.19. The van der Waals surface area contributed by atoms with Crippen LogP contribution in [0, 0.1) is 17.0 Å². The van der Waals surface area contributed by atoms with Crippen LogP contribution in [0.4, 0.5) is 11.4 Å². The van der Waals surface area contributed by atoms with Crippen molar-refractivity contribution in [3.63, 3.8) is 0 Å². The number of thiocarbonyl (C=S) groups is 1. The van der Waals surface area contributed by atoms with Gasteiger partial charge in [-0.3, -0.25) is 10.1 Å². The van der Waals surface area contributed by atoms with Gasteiger partial charge in [-0.2, -0.15) is 0 Å². The SMILES string of the molecule is Cc1cc2cc(CNC(=S)Nc3ccc([N+](=O)[O-])cc3)ccc2n1C. The average molecular weight is 354 g/mol. The third-order valence-corrected chi connectivity index (χ3v) is 4.38. The van der Waals surface area contributed by atoms with Gasteiger partial charge in [-0.1, -0.05) is 6.07 Å². The van der Waals surface area contributed by atoms with Crippen LogP contribution in [-0.4, -0.2) is 14.6 Å². The molecule has 25 heavy (non-hydrogen) atoms. The van der Waals surface area contributed by atoms with Crippen molar-refractivity contribution in [1.29, 1.82) is 0 Å². The summed E-state index contributed by atoms with van der Waals surface area (Å²) >= 11 is 5.28. The van der Waals surface area contributed by atoms with Crippen LogP contribution >= 0.6 is 12.2 Å². The minimum atomic E-state index is -0.429. The van der Waals surface area contributed by atoms with Crippen LogP contribution in [0.25, 0.3) is 10.9 Å². The van der Waals surface area contributed by atoms with Gasteiger partial charge >= 0.3 is 0 Å². The molecular formula is C18H18N4O2S. The Bertz CT molecular complexity index is 948. The Morgan fingerprint density at radius 1 is 1.20 bits per heavy atom. The van der Waals surface area contributed by atoms with E-state index in [1.165, 1.54) is 28.7 Å². The smallest absolute Gasteiger partial charge is 0.269 e. The van der Waals surface area contributed by atoms with Crippen LogP contribution in [0.1, 0.15) is 11.3 Å². The minimum Gasteiger partial charge on any atom is -0.358 e.